The van der Waals surface area contributed by atoms with Crippen molar-refractivity contribution in [1.82, 2.24) is 9.97 Å². The van der Waals surface area contributed by atoms with Crippen LogP contribution in [0.2, 0.25) is 0 Å². The molecule has 1 heterocycles. The summed E-state index contributed by atoms with van der Waals surface area (Å²) in [6, 6.07) is 56.7. The molecule has 1 aromatic heterocycles. The molecule has 7 rings (SSSR count). The normalized spacial score (nSPS) is 10.6. The molecule has 0 spiro atoms. The van der Waals surface area contributed by atoms with Gasteiger partial charge in [-0.3, -0.25) is 0 Å². The van der Waals surface area contributed by atoms with Gasteiger partial charge in [0.25, 0.3) is 0 Å². The van der Waals surface area contributed by atoms with Gasteiger partial charge in [0.1, 0.15) is 0 Å². The summed E-state index contributed by atoms with van der Waals surface area (Å²) in [4.78, 5) is 9.87. The van der Waals surface area contributed by atoms with E-state index in [2.05, 4.69) is 148 Å². The molecule has 0 aliphatic heterocycles. The van der Waals surface area contributed by atoms with Crippen LogP contribution in [0.5, 0.6) is 0 Å². The van der Waals surface area contributed by atoms with Crippen molar-refractivity contribution in [2.45, 2.75) is 20.8 Å². The number of rotatable bonds is 5. The highest BCUT2D eigenvalue weighted by atomic mass is 14.9. The van der Waals surface area contributed by atoms with Gasteiger partial charge in [-0.15, -0.1) is 0 Å². The van der Waals surface area contributed by atoms with Crippen molar-refractivity contribution in [1.29, 1.82) is 0 Å². The van der Waals surface area contributed by atoms with Gasteiger partial charge in [-0.25, -0.2) is 9.97 Å². The van der Waals surface area contributed by atoms with Gasteiger partial charge < -0.3 is 0 Å². The van der Waals surface area contributed by atoms with E-state index >= 15 is 0 Å². The Morgan fingerprint density at radius 3 is 1.29 bits per heavy atom. The third-order valence-corrected chi connectivity index (χ3v) is 7.95. The lowest BCUT2D eigenvalue weighted by Gasteiger charge is -2.10. The fraction of sp³-hybridized carbons (Fsp3) is 0.0698. The Balaban J connectivity index is 0.000000213. The minimum Gasteiger partial charge on any atom is -0.228 e. The minimum absolute atomic E-state index is 0.731. The van der Waals surface area contributed by atoms with Crippen molar-refractivity contribution in [3.63, 3.8) is 0 Å². The third-order valence-electron chi connectivity index (χ3n) is 7.95. The van der Waals surface area contributed by atoms with E-state index in [1.54, 1.807) is 0 Å². The number of hydrogen-bond acceptors (Lipinski definition) is 2. The lowest BCUT2D eigenvalue weighted by Crippen LogP contribution is -1.96. The summed E-state index contributed by atoms with van der Waals surface area (Å²) in [5, 5.41) is 0. The SMILES string of the molecule is Cc1ccc(-c2cccc(-c3nc(-c4ccccc4)cc(-c4ccccc4)n3)c2)cc1.Cc1ccccc1-c1ccccc1C. The predicted octanol–water partition coefficient (Wildman–Crippen LogP) is 11.4. The van der Waals surface area contributed by atoms with Gasteiger partial charge in [0.15, 0.2) is 5.82 Å². The van der Waals surface area contributed by atoms with Gasteiger partial charge in [0.2, 0.25) is 0 Å². The first-order valence-corrected chi connectivity index (χ1v) is 15.3. The second kappa shape index (κ2) is 13.8. The molecule has 0 saturated heterocycles. The van der Waals surface area contributed by atoms with Crippen LogP contribution in [0.3, 0.4) is 0 Å². The summed E-state index contributed by atoms with van der Waals surface area (Å²) in [6.07, 6.45) is 0. The molecule has 2 heteroatoms. The summed E-state index contributed by atoms with van der Waals surface area (Å²) < 4.78 is 0. The number of aromatic nitrogens is 2. The van der Waals surface area contributed by atoms with E-state index in [1.165, 1.54) is 33.4 Å². The average molecular weight is 581 g/mol. The van der Waals surface area contributed by atoms with Crippen LogP contribution >= 0.6 is 0 Å². The maximum atomic E-state index is 4.94. The van der Waals surface area contributed by atoms with Gasteiger partial charge in [0.05, 0.1) is 11.4 Å². The summed E-state index contributed by atoms with van der Waals surface area (Å²) in [7, 11) is 0. The van der Waals surface area contributed by atoms with Crippen LogP contribution in [-0.2, 0) is 0 Å². The number of benzene rings is 6. The first kappa shape index (κ1) is 29.5. The molecule has 0 fully saturated rings. The molecule has 7 aromatic rings. The molecule has 2 nitrogen and oxygen atoms in total. The van der Waals surface area contributed by atoms with Gasteiger partial charge in [-0.1, -0.05) is 157 Å². The largest absolute Gasteiger partial charge is 0.228 e. The molecular formula is C43H36N2. The molecule has 0 N–H and O–H groups in total. The molecular weight excluding hydrogens is 544 g/mol. The van der Waals surface area contributed by atoms with Crippen molar-refractivity contribution in [2.75, 3.05) is 0 Å². The van der Waals surface area contributed by atoms with E-state index < -0.39 is 0 Å². The standard InChI is InChI=1S/C29H22N2.C14H14/c1-21-15-17-22(18-16-21)25-13-8-14-26(19-25)29-30-27(23-9-4-2-5-10-23)20-28(31-29)24-11-6-3-7-12-24;1-11-7-3-5-9-13(11)14-10-6-4-8-12(14)2/h2-20H,1H3;3-10H,1-2H3. The Hall–Kier alpha value is -5.60. The zero-order chi connectivity index (χ0) is 31.0. The summed E-state index contributed by atoms with van der Waals surface area (Å²) in [5.41, 5.74) is 14.0. The van der Waals surface area contributed by atoms with Crippen LogP contribution in [0.4, 0.5) is 0 Å². The monoisotopic (exact) mass is 580 g/mol. The van der Waals surface area contributed by atoms with E-state index in [-0.39, 0.29) is 0 Å². The van der Waals surface area contributed by atoms with Crippen LogP contribution in [0.15, 0.2) is 164 Å². The Labute approximate surface area is 266 Å². The average Bonchev–Trinajstić information content (AvgIpc) is 3.10. The van der Waals surface area contributed by atoms with Crippen molar-refractivity contribution in [3.05, 3.63) is 180 Å². The smallest absolute Gasteiger partial charge is 0.160 e. The molecule has 0 bridgehead atoms. The van der Waals surface area contributed by atoms with E-state index in [1.807, 2.05) is 36.4 Å². The van der Waals surface area contributed by atoms with Crippen molar-refractivity contribution in [2.24, 2.45) is 0 Å². The summed E-state index contributed by atoms with van der Waals surface area (Å²) in [6.45, 7) is 6.41. The molecule has 0 unspecified atom stereocenters. The second-order valence-corrected chi connectivity index (χ2v) is 11.3. The predicted molar refractivity (Wildman–Crippen MR) is 190 cm³/mol. The maximum absolute atomic E-state index is 4.94. The molecule has 0 aliphatic carbocycles. The molecule has 218 valence electrons. The van der Waals surface area contributed by atoms with Crippen molar-refractivity contribution >= 4 is 0 Å². The molecule has 0 saturated carbocycles. The second-order valence-electron chi connectivity index (χ2n) is 11.3. The lowest BCUT2D eigenvalue weighted by molar-refractivity contribution is 1.18. The van der Waals surface area contributed by atoms with Gasteiger partial charge in [-0.05, 0) is 66.3 Å². The van der Waals surface area contributed by atoms with Crippen LogP contribution in [0, 0.1) is 20.8 Å². The topological polar surface area (TPSA) is 25.8 Å². The Morgan fingerprint density at radius 1 is 0.333 bits per heavy atom. The lowest BCUT2D eigenvalue weighted by atomic mass is 9.97. The van der Waals surface area contributed by atoms with E-state index in [4.69, 9.17) is 9.97 Å². The highest BCUT2D eigenvalue weighted by Crippen LogP contribution is 2.30. The van der Waals surface area contributed by atoms with Crippen LogP contribution in [0.25, 0.3) is 56.2 Å². The molecule has 0 amide bonds. The Kier molecular flexibility index (Phi) is 9.03. The Morgan fingerprint density at radius 2 is 0.778 bits per heavy atom. The molecule has 6 aromatic carbocycles. The van der Waals surface area contributed by atoms with E-state index in [9.17, 15) is 0 Å². The van der Waals surface area contributed by atoms with Crippen LogP contribution in [0.1, 0.15) is 16.7 Å². The third kappa shape index (κ3) is 7.14. The molecule has 0 aliphatic rings. The first-order chi connectivity index (χ1) is 22.0. The zero-order valence-electron chi connectivity index (χ0n) is 26.0. The van der Waals surface area contributed by atoms with Gasteiger partial charge in [0, 0.05) is 16.7 Å². The van der Waals surface area contributed by atoms with Crippen molar-refractivity contribution in [3.8, 4) is 56.2 Å². The van der Waals surface area contributed by atoms with Gasteiger partial charge in [-0.2, -0.15) is 0 Å². The first-order valence-electron chi connectivity index (χ1n) is 15.3. The summed E-state index contributed by atoms with van der Waals surface area (Å²) in [5.74, 6) is 0.731. The van der Waals surface area contributed by atoms with E-state index in [0.717, 1.165) is 39.5 Å². The molecule has 45 heavy (non-hydrogen) atoms. The zero-order valence-corrected chi connectivity index (χ0v) is 26.0. The fourth-order valence-electron chi connectivity index (χ4n) is 5.42. The van der Waals surface area contributed by atoms with Gasteiger partial charge >= 0.3 is 0 Å². The highest BCUT2D eigenvalue weighted by molar-refractivity contribution is 5.75. The quantitative estimate of drug-likeness (QED) is 0.202. The van der Waals surface area contributed by atoms with E-state index in [0.29, 0.717) is 0 Å². The number of aryl methyl sites for hydroxylation is 3. The van der Waals surface area contributed by atoms with Crippen LogP contribution < -0.4 is 0 Å². The maximum Gasteiger partial charge on any atom is 0.160 e. The summed E-state index contributed by atoms with van der Waals surface area (Å²) >= 11 is 0. The molecule has 0 radical (unpaired) electrons. The minimum atomic E-state index is 0.731. The number of nitrogens with zero attached hydrogens (tertiary/aromatic N) is 2. The van der Waals surface area contributed by atoms with Crippen molar-refractivity contribution < 1.29 is 0 Å². The molecule has 0 atom stereocenters. The van der Waals surface area contributed by atoms with Crippen LogP contribution in [-0.4, -0.2) is 9.97 Å². The number of hydrogen-bond donors (Lipinski definition) is 0. The Bertz CT molecular complexity index is 1910. The highest BCUT2D eigenvalue weighted by Gasteiger charge is 2.11. The fourth-order valence-corrected chi connectivity index (χ4v) is 5.42.